The average molecular weight is 1490 g/mol. The Morgan fingerprint density at radius 3 is 1.35 bits per heavy atom. The summed E-state index contributed by atoms with van der Waals surface area (Å²) in [5.74, 6) is -0.719. The molecule has 4 aromatic rings. The number of benzene rings is 4. The molecule has 4 heterocycles. The summed E-state index contributed by atoms with van der Waals surface area (Å²) in [6.45, 7) is 9.40. The molecule has 8 aliphatic rings. The van der Waals surface area contributed by atoms with Gasteiger partial charge >= 0.3 is 29.6 Å². The van der Waals surface area contributed by atoms with Crippen LogP contribution in [0.5, 0.6) is 23.0 Å². The lowest BCUT2D eigenvalue weighted by Gasteiger charge is -2.39. The highest BCUT2D eigenvalue weighted by molar-refractivity contribution is 6.61. The third-order valence-corrected chi connectivity index (χ3v) is 20.6. The molecule has 0 bridgehead atoms. The number of nitrogens with zero attached hydrogens (tertiary/aromatic N) is 2. The highest BCUT2D eigenvalue weighted by Gasteiger charge is 2.63. The van der Waals surface area contributed by atoms with Gasteiger partial charge in [-0.3, -0.25) is 19.2 Å². The molecule has 6 amide bonds. The van der Waals surface area contributed by atoms with Crippen LogP contribution in [-0.2, 0) is 78.4 Å². The summed E-state index contributed by atoms with van der Waals surface area (Å²) >= 11 is 17.3. The van der Waals surface area contributed by atoms with Crippen molar-refractivity contribution in [1.29, 1.82) is 0 Å². The average Bonchev–Trinajstić information content (AvgIpc) is 1.57. The SMILES string of the molecule is CCOC(=O)[C@@]12C[C@H]1/C=C\CCCCC[C@H](NC(=O)OC(C)(C)C)C(=O)N1Cc3ccc(Oc4cccc(Cl)c4)cc3CC1C(=O)N2.CCOC(=O)[C@@]12C[C@H]1/C=C\CCCCC[C@H](NC(=O)OC1CCCC1)C(=O)N1Cc3ccc(Oc4cccc(Cl)c4)cc3CC1C(=O)N2.O=C(Cl)OC1CCCC1. The Labute approximate surface area is 623 Å². The molecule has 8 atom stereocenters. The Kier molecular flexibility index (Phi) is 27.2. The first-order valence-corrected chi connectivity index (χ1v) is 37.9. The van der Waals surface area contributed by atoms with Crippen molar-refractivity contribution in [3.05, 3.63) is 142 Å². The fraction of sp³-hybridized carbons (Fsp3) is 0.532. The van der Waals surface area contributed by atoms with Gasteiger partial charge in [-0.05, 0) is 220 Å². The minimum atomic E-state index is -1.19. The molecule has 2 unspecified atom stereocenters. The number of ether oxygens (including phenoxy) is 7. The van der Waals surface area contributed by atoms with Crippen LogP contribution >= 0.6 is 34.8 Å². The first kappa shape index (κ1) is 78.3. The second-order valence-corrected chi connectivity index (χ2v) is 30.1. The topological polar surface area (TPSA) is 273 Å². The molecule has 0 saturated heterocycles. The fourth-order valence-corrected chi connectivity index (χ4v) is 15.0. The number of nitrogens with one attached hydrogen (secondary N) is 4. The zero-order chi connectivity index (χ0) is 74.1. The van der Waals surface area contributed by atoms with Crippen molar-refractivity contribution in [2.45, 2.75) is 242 Å². The van der Waals surface area contributed by atoms with Crippen LogP contribution in [-0.4, -0.2) is 129 Å². The molecule has 12 rings (SSSR count). The van der Waals surface area contributed by atoms with Crippen LogP contribution in [0.4, 0.5) is 14.4 Å². The van der Waals surface area contributed by atoms with Gasteiger partial charge < -0.3 is 64.2 Å². The van der Waals surface area contributed by atoms with Crippen molar-refractivity contribution in [2.24, 2.45) is 11.8 Å². The summed E-state index contributed by atoms with van der Waals surface area (Å²) in [6.07, 6.45) is 23.2. The van der Waals surface area contributed by atoms with Crippen LogP contribution in [0.25, 0.3) is 0 Å². The van der Waals surface area contributed by atoms with Crippen molar-refractivity contribution >= 4 is 88.0 Å². The van der Waals surface area contributed by atoms with E-state index in [9.17, 15) is 43.2 Å². The van der Waals surface area contributed by atoms with E-state index in [0.717, 1.165) is 119 Å². The van der Waals surface area contributed by atoms with Gasteiger partial charge in [0.05, 0.1) is 13.2 Å². The maximum absolute atomic E-state index is 14.4. The van der Waals surface area contributed by atoms with Crippen molar-refractivity contribution < 1.29 is 76.3 Å². The maximum Gasteiger partial charge on any atom is 0.408 e. The number of hydrogen-bond donors (Lipinski definition) is 4. The third-order valence-electron chi connectivity index (χ3n) is 20.0. The van der Waals surface area contributed by atoms with Crippen molar-refractivity contribution in [2.75, 3.05) is 13.2 Å². The Hall–Kier alpha value is -8.34. The van der Waals surface area contributed by atoms with E-state index in [1.807, 2.05) is 54.6 Å². The van der Waals surface area contributed by atoms with E-state index >= 15 is 0 Å². The van der Waals surface area contributed by atoms with Crippen molar-refractivity contribution in [3.63, 3.8) is 0 Å². The van der Waals surface area contributed by atoms with E-state index in [0.29, 0.717) is 65.1 Å². The Balaban J connectivity index is 0.000000199. The summed E-state index contributed by atoms with van der Waals surface area (Å²) in [4.78, 5) is 123. The van der Waals surface area contributed by atoms with Crippen LogP contribution in [0.3, 0.4) is 0 Å². The molecule has 4 saturated carbocycles. The molecule has 4 aliphatic heterocycles. The lowest BCUT2D eigenvalue weighted by molar-refractivity contribution is -0.151. The molecule has 4 aliphatic carbocycles. The number of esters is 2. The number of alkyl carbamates (subject to hydrolysis) is 2. The predicted octanol–water partition coefficient (Wildman–Crippen LogP) is 14.9. The summed E-state index contributed by atoms with van der Waals surface area (Å²) in [6, 6.07) is 21.6. The molecular formula is C79H97Cl3N6O16. The Morgan fingerprint density at radius 2 is 0.933 bits per heavy atom. The number of halogens is 3. The number of fused-ring (bicyclic) bond motifs is 6. The molecule has 4 N–H and O–H groups in total. The molecule has 25 heteroatoms. The first-order chi connectivity index (χ1) is 49.9. The van der Waals surface area contributed by atoms with E-state index in [1.165, 1.54) is 4.90 Å². The van der Waals surface area contributed by atoms with Gasteiger partial charge in [0.2, 0.25) is 23.6 Å². The van der Waals surface area contributed by atoms with E-state index in [1.54, 1.807) is 88.0 Å². The quantitative estimate of drug-likeness (QED) is 0.0444. The van der Waals surface area contributed by atoms with Crippen LogP contribution in [0.15, 0.2) is 109 Å². The Morgan fingerprint density at radius 1 is 0.519 bits per heavy atom. The maximum atomic E-state index is 14.4. The molecule has 4 fully saturated rings. The Bertz CT molecular complexity index is 3810. The van der Waals surface area contributed by atoms with E-state index in [4.69, 9.17) is 68.0 Å². The largest absolute Gasteiger partial charge is 0.464 e. The second-order valence-electron chi connectivity index (χ2n) is 28.9. The zero-order valence-electron chi connectivity index (χ0n) is 60.0. The summed E-state index contributed by atoms with van der Waals surface area (Å²) in [7, 11) is 0. The summed E-state index contributed by atoms with van der Waals surface area (Å²) < 4.78 is 38.9. The standard InChI is InChI=1S/C37H44ClN3O7.C36H44ClN3O7.C6H9ClO2/c1-2-46-35(44)37-22-26(37)11-6-4-3-5-7-16-31(39-36(45)48-28-13-8-9-14-28)34(43)41-23-24-17-18-30(47-29-15-10-12-27(38)21-29)19-25(24)20-32(41)33(42)40-37;1-5-45-33(43)36-21-25(36)12-9-7-6-8-10-15-29(38-34(44)47-35(2,3)4)32(42)40-22-23-16-17-28(46-27-14-11-13-26(37)20-27)18-24(23)19-30(40)31(41)39-36;7-6(8)9-5-3-1-2-4-5/h6,10-12,15,17-19,21,26,28,31-32H,2-5,7-9,13-14,16,20,22-23H2,1H3,(H,39,45)(H,40,42);9,11-14,16-18,20,25,29-30H,5-8,10,15,19,21-22H2,1-4H3,(H,38,44)(H,39,41);5H,1-4H2/b11-6-;12-9-;/t26-,31+,32?,37-;25-,29+,30?,36-;/m11./s1. The third kappa shape index (κ3) is 21.2. The predicted molar refractivity (Wildman–Crippen MR) is 391 cm³/mol. The number of carbonyl (C=O) groups is 9. The van der Waals surface area contributed by atoms with Gasteiger partial charge in [-0.15, -0.1) is 0 Å². The normalized spacial score (nSPS) is 25.6. The molecule has 104 heavy (non-hydrogen) atoms. The zero-order valence-corrected chi connectivity index (χ0v) is 62.2. The minimum absolute atomic E-state index is 0.106. The molecule has 0 spiro atoms. The first-order valence-electron chi connectivity index (χ1n) is 36.8. The van der Waals surface area contributed by atoms with Crippen LogP contribution in [0, 0.1) is 11.8 Å². The molecule has 0 aromatic heterocycles. The smallest absolute Gasteiger partial charge is 0.408 e. The van der Waals surface area contributed by atoms with Gasteiger partial charge in [0.25, 0.3) is 0 Å². The van der Waals surface area contributed by atoms with Gasteiger partial charge in [0.15, 0.2) is 0 Å². The highest BCUT2D eigenvalue weighted by Crippen LogP contribution is 2.48. The van der Waals surface area contributed by atoms with Gasteiger partial charge in [0, 0.05) is 59.4 Å². The number of amides is 6. The van der Waals surface area contributed by atoms with Gasteiger partial charge in [0.1, 0.15) is 76.1 Å². The molecule has 22 nitrogen and oxygen atoms in total. The van der Waals surface area contributed by atoms with E-state index in [2.05, 4.69) is 27.3 Å². The van der Waals surface area contributed by atoms with Crippen molar-refractivity contribution in [1.82, 2.24) is 31.1 Å². The van der Waals surface area contributed by atoms with E-state index < -0.39 is 82.2 Å². The van der Waals surface area contributed by atoms with Gasteiger partial charge in [-0.25, -0.2) is 24.0 Å². The van der Waals surface area contributed by atoms with Crippen LogP contribution < -0.4 is 30.7 Å². The number of hydrogen-bond acceptors (Lipinski definition) is 16. The summed E-state index contributed by atoms with van der Waals surface area (Å²) in [5, 5.41) is 12.8. The number of carbonyl (C=O) groups excluding carboxylic acids is 9. The number of rotatable bonds is 12. The van der Waals surface area contributed by atoms with Gasteiger partial charge in [-0.1, -0.05) is 97.5 Å². The van der Waals surface area contributed by atoms with Crippen LogP contribution in [0.2, 0.25) is 10.0 Å². The lowest BCUT2D eigenvalue weighted by atomic mass is 9.91. The van der Waals surface area contributed by atoms with Crippen molar-refractivity contribution in [3.8, 4) is 23.0 Å². The van der Waals surface area contributed by atoms with Crippen LogP contribution in [0.1, 0.15) is 185 Å². The lowest BCUT2D eigenvalue weighted by Crippen LogP contribution is -2.60. The molecule has 560 valence electrons. The second kappa shape index (κ2) is 36.1. The monoisotopic (exact) mass is 1490 g/mol. The minimum Gasteiger partial charge on any atom is -0.464 e. The van der Waals surface area contributed by atoms with E-state index in [-0.39, 0.29) is 75.0 Å². The molecule has 0 radical (unpaired) electrons. The number of allylic oxidation sites excluding steroid dienone is 2. The fourth-order valence-electron chi connectivity index (χ4n) is 14.5. The summed E-state index contributed by atoms with van der Waals surface area (Å²) in [5.41, 5.74) is -0.394. The highest BCUT2D eigenvalue weighted by atomic mass is 35.5. The molecule has 4 aromatic carbocycles. The molecular weight excluding hydrogens is 1400 g/mol. The van der Waals surface area contributed by atoms with Gasteiger partial charge in [-0.2, -0.15) is 0 Å².